The molecule has 0 aliphatic carbocycles. The molecule has 0 radical (unpaired) electrons. The maximum atomic E-state index is 5.87. The average molecular weight is 221 g/mol. The Hall–Kier alpha value is -1.05. The molecular formula is C12H9ClS. The highest BCUT2D eigenvalue weighted by atomic mass is 35.5. The van der Waals surface area contributed by atoms with Crippen LogP contribution in [-0.4, -0.2) is 0 Å². The molecule has 2 aromatic rings. The van der Waals surface area contributed by atoms with Crippen molar-refractivity contribution in [3.63, 3.8) is 0 Å². The normalized spacial score (nSPS) is 10.1. The van der Waals surface area contributed by atoms with Gasteiger partial charge in [-0.1, -0.05) is 48.5 Å². The molecule has 0 saturated carbocycles. The lowest BCUT2D eigenvalue weighted by Gasteiger charge is -1.97. The van der Waals surface area contributed by atoms with E-state index in [0.29, 0.717) is 0 Å². The van der Waals surface area contributed by atoms with Gasteiger partial charge in [-0.3, -0.25) is 0 Å². The van der Waals surface area contributed by atoms with E-state index in [1.54, 1.807) is 11.3 Å². The summed E-state index contributed by atoms with van der Waals surface area (Å²) in [5, 5.41) is 2.06. The summed E-state index contributed by atoms with van der Waals surface area (Å²) in [5.41, 5.74) is 3.50. The van der Waals surface area contributed by atoms with E-state index in [-0.39, 0.29) is 0 Å². The number of benzene rings is 1. The fourth-order valence-electron chi connectivity index (χ4n) is 1.27. The molecule has 14 heavy (non-hydrogen) atoms. The largest absolute Gasteiger partial charge is 0.131 e. The molecule has 1 heterocycles. The van der Waals surface area contributed by atoms with Crippen LogP contribution in [0.5, 0.6) is 0 Å². The van der Waals surface area contributed by atoms with Gasteiger partial charge in [0.05, 0.1) is 4.34 Å². The summed E-state index contributed by atoms with van der Waals surface area (Å²) in [4.78, 5) is 0. The first-order chi connectivity index (χ1) is 6.79. The summed E-state index contributed by atoms with van der Waals surface area (Å²) >= 11 is 7.43. The average Bonchev–Trinajstić information content (AvgIpc) is 2.65. The molecule has 0 atom stereocenters. The molecule has 0 nitrogen and oxygen atoms in total. The molecule has 0 bridgehead atoms. The van der Waals surface area contributed by atoms with Crippen LogP contribution < -0.4 is 0 Å². The predicted molar refractivity (Wildman–Crippen MR) is 64.9 cm³/mol. The number of halogens is 1. The van der Waals surface area contributed by atoms with Crippen molar-refractivity contribution >= 4 is 29.0 Å². The molecule has 1 aromatic carbocycles. The Morgan fingerprint density at radius 2 is 1.86 bits per heavy atom. The first-order valence-electron chi connectivity index (χ1n) is 4.26. The van der Waals surface area contributed by atoms with Crippen LogP contribution in [0.3, 0.4) is 0 Å². The predicted octanol–water partition coefficient (Wildman–Crippen LogP) is 4.71. The van der Waals surface area contributed by atoms with Gasteiger partial charge in [-0.25, -0.2) is 0 Å². The second-order valence-corrected chi connectivity index (χ2v) is 4.51. The van der Waals surface area contributed by atoms with Crippen molar-refractivity contribution in [1.82, 2.24) is 0 Å². The summed E-state index contributed by atoms with van der Waals surface area (Å²) in [6, 6.07) is 10.2. The van der Waals surface area contributed by atoms with Crippen LogP contribution in [0, 0.1) is 0 Å². The van der Waals surface area contributed by atoms with Crippen molar-refractivity contribution < 1.29 is 0 Å². The third-order valence-electron chi connectivity index (χ3n) is 2.05. The van der Waals surface area contributed by atoms with Crippen LogP contribution in [0.4, 0.5) is 0 Å². The second-order valence-electron chi connectivity index (χ2n) is 2.97. The standard InChI is InChI=1S/C12H9ClS/c1-2-9-3-5-10(6-4-9)11-7-12(13)14-8-11/h2-8H,1H2. The van der Waals surface area contributed by atoms with Crippen LogP contribution in [0.15, 0.2) is 42.3 Å². The monoisotopic (exact) mass is 220 g/mol. The smallest absolute Gasteiger partial charge is 0.0934 e. The third-order valence-corrected chi connectivity index (χ3v) is 3.14. The summed E-state index contributed by atoms with van der Waals surface area (Å²) in [6.45, 7) is 3.72. The molecule has 70 valence electrons. The number of thiophene rings is 1. The van der Waals surface area contributed by atoms with Crippen molar-refractivity contribution in [2.75, 3.05) is 0 Å². The SMILES string of the molecule is C=Cc1ccc(-c2csc(Cl)c2)cc1. The fourth-order valence-corrected chi connectivity index (χ4v) is 2.16. The zero-order valence-electron chi connectivity index (χ0n) is 7.53. The molecule has 0 saturated heterocycles. The fraction of sp³-hybridized carbons (Fsp3) is 0. The first-order valence-corrected chi connectivity index (χ1v) is 5.52. The zero-order valence-corrected chi connectivity index (χ0v) is 9.11. The van der Waals surface area contributed by atoms with Crippen molar-refractivity contribution in [3.8, 4) is 11.1 Å². The lowest BCUT2D eigenvalue weighted by atomic mass is 10.1. The minimum absolute atomic E-state index is 0.827. The molecule has 0 N–H and O–H groups in total. The highest BCUT2D eigenvalue weighted by molar-refractivity contribution is 7.14. The Kier molecular flexibility index (Phi) is 2.71. The Labute approximate surface area is 92.5 Å². The Bertz CT molecular complexity index is 440. The molecule has 0 aliphatic heterocycles. The molecule has 2 heteroatoms. The summed E-state index contributed by atoms with van der Waals surface area (Å²) in [7, 11) is 0. The zero-order chi connectivity index (χ0) is 9.97. The minimum Gasteiger partial charge on any atom is -0.131 e. The maximum Gasteiger partial charge on any atom is 0.0934 e. The van der Waals surface area contributed by atoms with E-state index in [4.69, 9.17) is 11.6 Å². The summed E-state index contributed by atoms with van der Waals surface area (Å²) in [6.07, 6.45) is 1.84. The van der Waals surface area contributed by atoms with Gasteiger partial charge in [0, 0.05) is 5.38 Å². The molecule has 2 rings (SSSR count). The number of rotatable bonds is 2. The Morgan fingerprint density at radius 1 is 1.14 bits per heavy atom. The van der Waals surface area contributed by atoms with Gasteiger partial charge < -0.3 is 0 Å². The van der Waals surface area contributed by atoms with Gasteiger partial charge >= 0.3 is 0 Å². The molecule has 0 unspecified atom stereocenters. The van der Waals surface area contributed by atoms with Gasteiger partial charge in [0.25, 0.3) is 0 Å². The topological polar surface area (TPSA) is 0 Å². The molecule has 0 aliphatic rings. The lowest BCUT2D eigenvalue weighted by Crippen LogP contribution is -1.74. The number of hydrogen-bond acceptors (Lipinski definition) is 1. The molecule has 1 aromatic heterocycles. The van der Waals surface area contributed by atoms with Crippen molar-refractivity contribution in [3.05, 3.63) is 52.2 Å². The van der Waals surface area contributed by atoms with E-state index in [1.165, 1.54) is 11.1 Å². The van der Waals surface area contributed by atoms with Crippen LogP contribution in [0.1, 0.15) is 5.56 Å². The Balaban J connectivity index is 2.38. The quantitative estimate of drug-likeness (QED) is 0.688. The third kappa shape index (κ3) is 1.89. The van der Waals surface area contributed by atoms with Crippen LogP contribution in [-0.2, 0) is 0 Å². The van der Waals surface area contributed by atoms with E-state index in [0.717, 1.165) is 9.90 Å². The second kappa shape index (κ2) is 3.99. The van der Waals surface area contributed by atoms with Gasteiger partial charge in [-0.2, -0.15) is 0 Å². The van der Waals surface area contributed by atoms with Crippen LogP contribution >= 0.6 is 22.9 Å². The van der Waals surface area contributed by atoms with Crippen molar-refractivity contribution in [1.29, 1.82) is 0 Å². The van der Waals surface area contributed by atoms with Gasteiger partial charge in [-0.15, -0.1) is 11.3 Å². The van der Waals surface area contributed by atoms with Crippen molar-refractivity contribution in [2.24, 2.45) is 0 Å². The minimum atomic E-state index is 0.827. The van der Waals surface area contributed by atoms with Gasteiger partial charge in [0.1, 0.15) is 0 Å². The molecule has 0 fully saturated rings. The van der Waals surface area contributed by atoms with Gasteiger partial charge in [-0.05, 0) is 22.8 Å². The van der Waals surface area contributed by atoms with E-state index in [2.05, 4.69) is 24.1 Å². The van der Waals surface area contributed by atoms with E-state index in [9.17, 15) is 0 Å². The molecular weight excluding hydrogens is 212 g/mol. The summed E-state index contributed by atoms with van der Waals surface area (Å²) < 4.78 is 0.827. The van der Waals surface area contributed by atoms with Crippen molar-refractivity contribution in [2.45, 2.75) is 0 Å². The first kappa shape index (κ1) is 9.50. The van der Waals surface area contributed by atoms with Crippen LogP contribution in [0.25, 0.3) is 17.2 Å². The van der Waals surface area contributed by atoms with E-state index in [1.807, 2.05) is 24.3 Å². The molecule has 0 amide bonds. The lowest BCUT2D eigenvalue weighted by molar-refractivity contribution is 1.64. The Morgan fingerprint density at radius 3 is 2.36 bits per heavy atom. The molecule has 0 spiro atoms. The number of hydrogen-bond donors (Lipinski definition) is 0. The van der Waals surface area contributed by atoms with E-state index < -0.39 is 0 Å². The van der Waals surface area contributed by atoms with E-state index >= 15 is 0 Å². The van der Waals surface area contributed by atoms with Crippen LogP contribution in [0.2, 0.25) is 4.34 Å². The highest BCUT2D eigenvalue weighted by Gasteiger charge is 1.99. The highest BCUT2D eigenvalue weighted by Crippen LogP contribution is 2.28. The summed E-state index contributed by atoms with van der Waals surface area (Å²) in [5.74, 6) is 0. The van der Waals surface area contributed by atoms with Gasteiger partial charge in [0.2, 0.25) is 0 Å². The maximum absolute atomic E-state index is 5.87. The van der Waals surface area contributed by atoms with Gasteiger partial charge in [0.15, 0.2) is 0 Å².